The van der Waals surface area contributed by atoms with Crippen molar-refractivity contribution in [2.24, 2.45) is 0 Å². The highest BCUT2D eigenvalue weighted by Gasteiger charge is 2.20. The summed E-state index contributed by atoms with van der Waals surface area (Å²) in [4.78, 5) is 27.0. The standard InChI is InChI=1S/C23H29N3O3/c1-18-7-9-19(10-8-18)21(17-26-13-15-29-16-14-26)25-22(27)11-12-24-23(28)20-5-3-2-4-6-20/h2-10,21H,11-17H2,1H3,(H,24,28)(H,25,27)/t21-/m0/s1. The highest BCUT2D eigenvalue weighted by molar-refractivity contribution is 5.94. The molecule has 2 amide bonds. The number of hydrogen-bond donors (Lipinski definition) is 2. The van der Waals surface area contributed by atoms with E-state index in [2.05, 4.69) is 46.7 Å². The Hall–Kier alpha value is -2.70. The van der Waals surface area contributed by atoms with Crippen LogP contribution in [0.4, 0.5) is 0 Å². The van der Waals surface area contributed by atoms with E-state index in [-0.39, 0.29) is 24.3 Å². The van der Waals surface area contributed by atoms with Gasteiger partial charge in [0, 0.05) is 38.2 Å². The Morgan fingerprint density at radius 2 is 1.72 bits per heavy atom. The molecule has 2 aromatic carbocycles. The monoisotopic (exact) mass is 395 g/mol. The second kappa shape index (κ2) is 10.7. The molecule has 154 valence electrons. The van der Waals surface area contributed by atoms with Crippen molar-refractivity contribution >= 4 is 11.8 Å². The molecule has 29 heavy (non-hydrogen) atoms. The first-order chi connectivity index (χ1) is 14.1. The Morgan fingerprint density at radius 1 is 1.03 bits per heavy atom. The van der Waals surface area contributed by atoms with Gasteiger partial charge >= 0.3 is 0 Å². The van der Waals surface area contributed by atoms with Crippen LogP contribution in [0.3, 0.4) is 0 Å². The van der Waals surface area contributed by atoms with Crippen LogP contribution in [0.25, 0.3) is 0 Å². The number of benzene rings is 2. The van der Waals surface area contributed by atoms with Gasteiger partial charge in [-0.25, -0.2) is 0 Å². The molecule has 3 rings (SSSR count). The zero-order valence-electron chi connectivity index (χ0n) is 16.9. The molecule has 1 atom stereocenters. The fourth-order valence-corrected chi connectivity index (χ4v) is 3.32. The Morgan fingerprint density at radius 3 is 2.41 bits per heavy atom. The average Bonchev–Trinajstić information content (AvgIpc) is 2.75. The number of hydrogen-bond acceptors (Lipinski definition) is 4. The van der Waals surface area contributed by atoms with E-state index in [1.807, 2.05) is 18.2 Å². The summed E-state index contributed by atoms with van der Waals surface area (Å²) in [6.45, 7) is 6.28. The zero-order valence-corrected chi connectivity index (χ0v) is 16.9. The fourth-order valence-electron chi connectivity index (χ4n) is 3.32. The summed E-state index contributed by atoms with van der Waals surface area (Å²) in [5.74, 6) is -0.237. The molecule has 0 aromatic heterocycles. The molecule has 0 bridgehead atoms. The molecule has 1 aliphatic rings. The van der Waals surface area contributed by atoms with Gasteiger partial charge in [-0.15, -0.1) is 0 Å². The maximum absolute atomic E-state index is 12.5. The van der Waals surface area contributed by atoms with E-state index in [1.165, 1.54) is 5.56 Å². The molecule has 6 heteroatoms. The number of nitrogens with zero attached hydrogens (tertiary/aromatic N) is 1. The Kier molecular flexibility index (Phi) is 7.78. The smallest absolute Gasteiger partial charge is 0.251 e. The molecule has 0 spiro atoms. The van der Waals surface area contributed by atoms with Crippen LogP contribution in [0, 0.1) is 6.92 Å². The Bertz CT molecular complexity index is 787. The molecule has 2 aromatic rings. The zero-order chi connectivity index (χ0) is 20.5. The van der Waals surface area contributed by atoms with Crippen LogP contribution in [0.1, 0.15) is 33.9 Å². The van der Waals surface area contributed by atoms with Gasteiger partial charge in [0.2, 0.25) is 5.91 Å². The third kappa shape index (κ3) is 6.69. The number of nitrogens with one attached hydrogen (secondary N) is 2. The molecule has 2 N–H and O–H groups in total. The van der Waals surface area contributed by atoms with E-state index in [4.69, 9.17) is 4.74 Å². The van der Waals surface area contributed by atoms with Crippen LogP contribution in [-0.2, 0) is 9.53 Å². The highest BCUT2D eigenvalue weighted by atomic mass is 16.5. The third-order valence-electron chi connectivity index (χ3n) is 5.03. The lowest BCUT2D eigenvalue weighted by Gasteiger charge is -2.31. The second-order valence-electron chi connectivity index (χ2n) is 7.32. The van der Waals surface area contributed by atoms with E-state index in [9.17, 15) is 9.59 Å². The summed E-state index contributed by atoms with van der Waals surface area (Å²) < 4.78 is 5.43. The van der Waals surface area contributed by atoms with Crippen LogP contribution < -0.4 is 10.6 Å². The summed E-state index contributed by atoms with van der Waals surface area (Å²) in [5, 5.41) is 5.95. The van der Waals surface area contributed by atoms with Gasteiger partial charge < -0.3 is 15.4 Å². The predicted molar refractivity (Wildman–Crippen MR) is 113 cm³/mol. The normalized spacial score (nSPS) is 15.5. The second-order valence-corrected chi connectivity index (χ2v) is 7.32. The molecule has 0 radical (unpaired) electrons. The van der Waals surface area contributed by atoms with E-state index >= 15 is 0 Å². The molecule has 0 unspecified atom stereocenters. The first kappa shape index (κ1) is 21.0. The minimum Gasteiger partial charge on any atom is -0.379 e. The first-order valence-electron chi connectivity index (χ1n) is 10.1. The third-order valence-corrected chi connectivity index (χ3v) is 5.03. The maximum atomic E-state index is 12.5. The van der Waals surface area contributed by atoms with Gasteiger partial charge in [-0.1, -0.05) is 48.0 Å². The van der Waals surface area contributed by atoms with Crippen molar-refractivity contribution in [1.29, 1.82) is 0 Å². The van der Waals surface area contributed by atoms with Gasteiger partial charge in [0.1, 0.15) is 0 Å². The maximum Gasteiger partial charge on any atom is 0.251 e. The van der Waals surface area contributed by atoms with Crippen LogP contribution >= 0.6 is 0 Å². The number of amides is 2. The predicted octanol–water partition coefficient (Wildman–Crippen LogP) is 2.30. The van der Waals surface area contributed by atoms with E-state index in [0.29, 0.717) is 12.1 Å². The summed E-state index contributed by atoms with van der Waals surface area (Å²) in [6, 6.07) is 17.2. The quantitative estimate of drug-likeness (QED) is 0.720. The van der Waals surface area contributed by atoms with Crippen molar-refractivity contribution in [3.8, 4) is 0 Å². The van der Waals surface area contributed by atoms with Crippen molar-refractivity contribution in [3.63, 3.8) is 0 Å². The number of aryl methyl sites for hydroxylation is 1. The van der Waals surface area contributed by atoms with Gasteiger partial charge in [0.25, 0.3) is 5.91 Å². The minimum absolute atomic E-state index is 0.0720. The average molecular weight is 396 g/mol. The first-order valence-corrected chi connectivity index (χ1v) is 10.1. The van der Waals surface area contributed by atoms with Crippen molar-refractivity contribution in [3.05, 3.63) is 71.3 Å². The molecule has 1 aliphatic heterocycles. The van der Waals surface area contributed by atoms with Gasteiger partial charge in [0.15, 0.2) is 0 Å². The molecule has 0 saturated carbocycles. The van der Waals surface area contributed by atoms with E-state index in [1.54, 1.807) is 12.1 Å². The van der Waals surface area contributed by atoms with E-state index in [0.717, 1.165) is 38.4 Å². The number of morpholine rings is 1. The lowest BCUT2D eigenvalue weighted by molar-refractivity contribution is -0.121. The van der Waals surface area contributed by atoms with Crippen LogP contribution in [-0.4, -0.2) is 56.1 Å². The molecular formula is C23H29N3O3. The molecule has 1 heterocycles. The van der Waals surface area contributed by atoms with Crippen LogP contribution in [0.2, 0.25) is 0 Å². The summed E-state index contributed by atoms with van der Waals surface area (Å²) in [6.07, 6.45) is 0.240. The Balaban J connectivity index is 1.54. The summed E-state index contributed by atoms with van der Waals surface area (Å²) in [7, 11) is 0. The lowest BCUT2D eigenvalue weighted by atomic mass is 10.0. The summed E-state index contributed by atoms with van der Waals surface area (Å²) in [5.41, 5.74) is 2.87. The summed E-state index contributed by atoms with van der Waals surface area (Å²) >= 11 is 0. The largest absolute Gasteiger partial charge is 0.379 e. The molecule has 1 fully saturated rings. The fraction of sp³-hybridized carbons (Fsp3) is 0.391. The van der Waals surface area contributed by atoms with Crippen molar-refractivity contribution < 1.29 is 14.3 Å². The van der Waals surface area contributed by atoms with Crippen molar-refractivity contribution in [2.75, 3.05) is 39.4 Å². The van der Waals surface area contributed by atoms with E-state index < -0.39 is 0 Å². The molecule has 1 saturated heterocycles. The number of ether oxygens (including phenoxy) is 1. The Labute approximate surface area is 172 Å². The van der Waals surface area contributed by atoms with Gasteiger partial charge in [0.05, 0.1) is 19.3 Å². The lowest BCUT2D eigenvalue weighted by Crippen LogP contribution is -2.43. The topological polar surface area (TPSA) is 70.7 Å². The molecule has 0 aliphatic carbocycles. The van der Waals surface area contributed by atoms with Crippen molar-refractivity contribution in [1.82, 2.24) is 15.5 Å². The molecular weight excluding hydrogens is 366 g/mol. The van der Waals surface area contributed by atoms with Gasteiger partial charge in [-0.05, 0) is 24.6 Å². The number of carbonyl (C=O) groups is 2. The van der Waals surface area contributed by atoms with Crippen molar-refractivity contribution in [2.45, 2.75) is 19.4 Å². The highest BCUT2D eigenvalue weighted by Crippen LogP contribution is 2.16. The minimum atomic E-state index is -0.165. The number of carbonyl (C=O) groups excluding carboxylic acids is 2. The van der Waals surface area contributed by atoms with Crippen LogP contribution in [0.5, 0.6) is 0 Å². The van der Waals surface area contributed by atoms with Gasteiger partial charge in [-0.3, -0.25) is 14.5 Å². The SMILES string of the molecule is Cc1ccc([C@H](CN2CCOCC2)NC(=O)CCNC(=O)c2ccccc2)cc1. The van der Waals surface area contributed by atoms with Gasteiger partial charge in [-0.2, -0.15) is 0 Å². The molecule has 6 nitrogen and oxygen atoms in total. The van der Waals surface area contributed by atoms with Crippen LogP contribution in [0.15, 0.2) is 54.6 Å². The number of rotatable bonds is 8.